The zero-order chi connectivity index (χ0) is 25.2. The van der Waals surface area contributed by atoms with E-state index in [1.54, 1.807) is 49.3 Å². The standard InChI is InChI=1S/C26H30N2O5S2/c1-18(2)28(35(30,31)22-11-9-21(33-4)10-12-22)17-25(29)27-15-13-24-23(14-16-34-24)26(27)19-5-7-20(32-3)8-6-19/h5-12,14,16,18,26H,13,15,17H2,1-4H3. The van der Waals surface area contributed by atoms with Gasteiger partial charge in [0.05, 0.1) is 31.7 Å². The van der Waals surface area contributed by atoms with Gasteiger partial charge in [-0.05, 0) is 79.2 Å². The predicted molar refractivity (Wildman–Crippen MR) is 137 cm³/mol. The van der Waals surface area contributed by atoms with Crippen LogP contribution in [0.4, 0.5) is 0 Å². The van der Waals surface area contributed by atoms with Crippen molar-refractivity contribution in [2.75, 3.05) is 27.3 Å². The van der Waals surface area contributed by atoms with E-state index in [2.05, 4.69) is 6.07 Å². The molecule has 7 nitrogen and oxygen atoms in total. The second-order valence-electron chi connectivity index (χ2n) is 8.63. The van der Waals surface area contributed by atoms with Crippen LogP contribution in [0.15, 0.2) is 64.9 Å². The van der Waals surface area contributed by atoms with Gasteiger partial charge >= 0.3 is 0 Å². The van der Waals surface area contributed by atoms with Gasteiger partial charge in [0.15, 0.2) is 0 Å². The Morgan fingerprint density at radius 3 is 2.20 bits per heavy atom. The highest BCUT2D eigenvalue weighted by molar-refractivity contribution is 7.89. The van der Waals surface area contributed by atoms with Crippen LogP contribution >= 0.6 is 11.3 Å². The number of rotatable bonds is 8. The number of ether oxygens (including phenoxy) is 2. The van der Waals surface area contributed by atoms with E-state index in [1.165, 1.54) is 28.4 Å². The fraction of sp³-hybridized carbons (Fsp3) is 0.346. The minimum absolute atomic E-state index is 0.130. The third-order valence-corrected chi connectivity index (χ3v) is 9.28. The first-order valence-electron chi connectivity index (χ1n) is 11.4. The van der Waals surface area contributed by atoms with Crippen molar-refractivity contribution in [2.45, 2.75) is 37.2 Å². The van der Waals surface area contributed by atoms with E-state index in [1.807, 2.05) is 29.6 Å². The van der Waals surface area contributed by atoms with Crippen LogP contribution in [0.25, 0.3) is 0 Å². The molecule has 186 valence electrons. The Kier molecular flexibility index (Phi) is 7.49. The van der Waals surface area contributed by atoms with E-state index in [9.17, 15) is 13.2 Å². The molecule has 1 atom stereocenters. The molecule has 0 saturated heterocycles. The molecule has 0 bridgehead atoms. The van der Waals surface area contributed by atoms with Gasteiger partial charge in [-0.25, -0.2) is 8.42 Å². The summed E-state index contributed by atoms with van der Waals surface area (Å²) in [7, 11) is -0.740. The summed E-state index contributed by atoms with van der Waals surface area (Å²) in [4.78, 5) is 16.9. The lowest BCUT2D eigenvalue weighted by molar-refractivity contribution is -0.133. The van der Waals surface area contributed by atoms with Crippen LogP contribution in [-0.4, -0.2) is 56.9 Å². The van der Waals surface area contributed by atoms with E-state index < -0.39 is 16.1 Å². The number of carbonyl (C=O) groups excluding carboxylic acids is 1. The summed E-state index contributed by atoms with van der Waals surface area (Å²) < 4.78 is 38.7. The summed E-state index contributed by atoms with van der Waals surface area (Å²) in [5, 5.41) is 2.05. The topological polar surface area (TPSA) is 76.2 Å². The monoisotopic (exact) mass is 514 g/mol. The highest BCUT2D eigenvalue weighted by Gasteiger charge is 2.36. The van der Waals surface area contributed by atoms with Gasteiger partial charge in [-0.3, -0.25) is 4.79 Å². The minimum atomic E-state index is -3.88. The van der Waals surface area contributed by atoms with E-state index >= 15 is 0 Å². The van der Waals surface area contributed by atoms with Crippen LogP contribution in [0.5, 0.6) is 11.5 Å². The van der Waals surface area contributed by atoms with Crippen LogP contribution in [0.1, 0.15) is 35.9 Å². The Morgan fingerprint density at radius 1 is 1.03 bits per heavy atom. The Balaban J connectivity index is 1.64. The van der Waals surface area contributed by atoms with Crippen molar-refractivity contribution in [3.63, 3.8) is 0 Å². The van der Waals surface area contributed by atoms with Gasteiger partial charge in [0.25, 0.3) is 0 Å². The number of sulfonamides is 1. The highest BCUT2D eigenvalue weighted by atomic mass is 32.2. The molecular formula is C26H30N2O5S2. The lowest BCUT2D eigenvalue weighted by Crippen LogP contribution is -2.48. The Morgan fingerprint density at radius 2 is 1.63 bits per heavy atom. The van der Waals surface area contributed by atoms with Crippen LogP contribution in [0.3, 0.4) is 0 Å². The second-order valence-corrected chi connectivity index (χ2v) is 11.5. The predicted octanol–water partition coefficient (Wildman–Crippen LogP) is 4.34. The van der Waals surface area contributed by atoms with Gasteiger partial charge in [-0.2, -0.15) is 4.31 Å². The van der Waals surface area contributed by atoms with Gasteiger partial charge in [0, 0.05) is 17.5 Å². The van der Waals surface area contributed by atoms with Crippen LogP contribution < -0.4 is 9.47 Å². The maximum Gasteiger partial charge on any atom is 0.243 e. The van der Waals surface area contributed by atoms with Crippen molar-refractivity contribution in [3.8, 4) is 11.5 Å². The molecule has 0 aliphatic carbocycles. The maximum atomic E-state index is 13.7. The number of hydrogen-bond donors (Lipinski definition) is 0. The Bertz CT molecular complexity index is 1270. The van der Waals surface area contributed by atoms with Gasteiger partial charge in [0.1, 0.15) is 11.5 Å². The molecule has 2 heterocycles. The minimum Gasteiger partial charge on any atom is -0.497 e. The van der Waals surface area contributed by atoms with E-state index in [0.29, 0.717) is 12.3 Å². The lowest BCUT2D eigenvalue weighted by atomic mass is 9.93. The number of benzene rings is 2. The van der Waals surface area contributed by atoms with Crippen LogP contribution in [0, 0.1) is 0 Å². The van der Waals surface area contributed by atoms with E-state index in [4.69, 9.17) is 9.47 Å². The molecule has 3 aromatic rings. The third-order valence-electron chi connectivity index (χ3n) is 6.25. The summed E-state index contributed by atoms with van der Waals surface area (Å²) in [5.41, 5.74) is 2.06. The average molecular weight is 515 g/mol. The molecule has 1 aromatic heterocycles. The number of amides is 1. The summed E-state index contributed by atoms with van der Waals surface area (Å²) >= 11 is 1.69. The maximum absolute atomic E-state index is 13.7. The van der Waals surface area contributed by atoms with E-state index in [0.717, 1.165) is 23.3 Å². The number of methoxy groups -OCH3 is 2. The van der Waals surface area contributed by atoms with E-state index in [-0.39, 0.29) is 23.4 Å². The zero-order valence-corrected chi connectivity index (χ0v) is 21.9. The first-order valence-corrected chi connectivity index (χ1v) is 13.7. The van der Waals surface area contributed by atoms with Crippen molar-refractivity contribution in [3.05, 3.63) is 76.0 Å². The Hall–Kier alpha value is -2.88. The largest absolute Gasteiger partial charge is 0.497 e. The molecule has 35 heavy (non-hydrogen) atoms. The third kappa shape index (κ3) is 5.07. The number of nitrogens with zero attached hydrogens (tertiary/aromatic N) is 2. The van der Waals surface area contributed by atoms with Gasteiger partial charge in [0.2, 0.25) is 15.9 Å². The van der Waals surface area contributed by atoms with Gasteiger partial charge in [-0.15, -0.1) is 11.3 Å². The molecule has 1 aliphatic heterocycles. The first kappa shape index (κ1) is 25.2. The van der Waals surface area contributed by atoms with Crippen molar-refractivity contribution in [2.24, 2.45) is 0 Å². The highest BCUT2D eigenvalue weighted by Crippen LogP contribution is 2.38. The summed E-state index contributed by atoms with van der Waals surface area (Å²) in [6.45, 7) is 3.85. The molecule has 0 spiro atoms. The smallest absolute Gasteiger partial charge is 0.243 e. The van der Waals surface area contributed by atoms with Crippen molar-refractivity contribution in [1.82, 2.24) is 9.21 Å². The van der Waals surface area contributed by atoms with Crippen LogP contribution in [0.2, 0.25) is 0 Å². The fourth-order valence-electron chi connectivity index (χ4n) is 4.38. The molecular weight excluding hydrogens is 484 g/mol. The molecule has 1 unspecified atom stereocenters. The number of carbonyl (C=O) groups is 1. The average Bonchev–Trinajstić information content (AvgIpc) is 3.35. The van der Waals surface area contributed by atoms with Crippen LogP contribution in [-0.2, 0) is 21.2 Å². The molecule has 0 radical (unpaired) electrons. The molecule has 1 aliphatic rings. The molecule has 0 fully saturated rings. The summed E-state index contributed by atoms with van der Waals surface area (Å²) in [6, 6.07) is 15.3. The molecule has 2 aromatic carbocycles. The normalized spacial score (nSPS) is 15.8. The quantitative estimate of drug-likeness (QED) is 0.447. The molecule has 1 amide bonds. The number of hydrogen-bond acceptors (Lipinski definition) is 6. The molecule has 4 rings (SSSR count). The van der Waals surface area contributed by atoms with Crippen molar-refractivity contribution < 1.29 is 22.7 Å². The number of thiophene rings is 1. The molecule has 0 N–H and O–H groups in total. The number of fused-ring (bicyclic) bond motifs is 1. The summed E-state index contributed by atoms with van der Waals surface area (Å²) in [6.07, 6.45) is 0.748. The van der Waals surface area contributed by atoms with Gasteiger partial charge < -0.3 is 14.4 Å². The SMILES string of the molecule is COc1ccc(C2c3ccsc3CCN2C(=O)CN(C(C)C)S(=O)(=O)c2ccc(OC)cc2)cc1. The van der Waals surface area contributed by atoms with Crippen molar-refractivity contribution in [1.29, 1.82) is 0 Å². The fourth-order valence-corrected chi connectivity index (χ4v) is 6.87. The summed E-state index contributed by atoms with van der Waals surface area (Å²) in [5.74, 6) is 1.08. The van der Waals surface area contributed by atoms with Gasteiger partial charge in [-0.1, -0.05) is 12.1 Å². The second kappa shape index (κ2) is 10.4. The lowest BCUT2D eigenvalue weighted by Gasteiger charge is -2.38. The Labute approximate surface area is 210 Å². The molecule has 0 saturated carbocycles. The first-order chi connectivity index (χ1) is 16.8. The van der Waals surface area contributed by atoms with Crippen molar-refractivity contribution >= 4 is 27.3 Å². The zero-order valence-electron chi connectivity index (χ0n) is 20.3. The molecule has 9 heteroatoms.